The van der Waals surface area contributed by atoms with Gasteiger partial charge < -0.3 is 9.64 Å². The highest BCUT2D eigenvalue weighted by Gasteiger charge is 2.24. The summed E-state index contributed by atoms with van der Waals surface area (Å²) in [7, 11) is -2.34. The van der Waals surface area contributed by atoms with E-state index in [2.05, 4.69) is 9.71 Å². The molecular weight excluding hydrogens is 426 g/mol. The number of hydrogen-bond donors (Lipinski definition) is 1. The number of carbonyl (C=O) groups is 1. The molecule has 0 spiro atoms. The van der Waals surface area contributed by atoms with Crippen molar-refractivity contribution in [2.75, 3.05) is 11.8 Å². The van der Waals surface area contributed by atoms with E-state index < -0.39 is 10.0 Å². The van der Waals surface area contributed by atoms with Crippen LogP contribution in [0.15, 0.2) is 71.9 Å². The van der Waals surface area contributed by atoms with Gasteiger partial charge in [0.25, 0.3) is 15.9 Å². The first kappa shape index (κ1) is 23.3. The van der Waals surface area contributed by atoms with Crippen molar-refractivity contribution < 1.29 is 17.9 Å². The fourth-order valence-corrected chi connectivity index (χ4v) is 4.29. The normalized spacial score (nSPS) is 11.3. The van der Waals surface area contributed by atoms with Crippen molar-refractivity contribution in [1.29, 1.82) is 0 Å². The molecule has 1 aromatic heterocycles. The highest BCUT2D eigenvalue weighted by Crippen LogP contribution is 2.23. The number of pyridine rings is 1. The van der Waals surface area contributed by atoms with Crippen molar-refractivity contribution in [3.63, 3.8) is 0 Å². The van der Waals surface area contributed by atoms with Gasteiger partial charge in [-0.25, -0.2) is 8.42 Å². The first-order valence-corrected chi connectivity index (χ1v) is 11.7. The number of anilines is 1. The number of sulfonamides is 1. The number of rotatable bonds is 8. The van der Waals surface area contributed by atoms with Gasteiger partial charge in [0, 0.05) is 36.2 Å². The SMILES string of the molecule is COc1ccc(NS(=O)(=O)c2ccc(C)c(C(=O)N(Cc3cccnc3)C(C)C)c2)cc1. The third-order valence-corrected chi connectivity index (χ3v) is 6.43. The monoisotopic (exact) mass is 453 g/mol. The quantitative estimate of drug-likeness (QED) is 0.551. The van der Waals surface area contributed by atoms with Crippen LogP contribution in [0.2, 0.25) is 0 Å². The minimum atomic E-state index is -3.88. The minimum absolute atomic E-state index is 0.0207. The summed E-state index contributed by atoms with van der Waals surface area (Å²) < 4.78 is 33.6. The van der Waals surface area contributed by atoms with Crippen LogP contribution in [0.3, 0.4) is 0 Å². The van der Waals surface area contributed by atoms with Gasteiger partial charge in [-0.05, 0) is 74.4 Å². The summed E-state index contributed by atoms with van der Waals surface area (Å²) in [6.07, 6.45) is 3.40. The molecule has 0 atom stereocenters. The predicted molar refractivity (Wildman–Crippen MR) is 124 cm³/mol. The molecular formula is C24H27N3O4S. The highest BCUT2D eigenvalue weighted by molar-refractivity contribution is 7.92. The van der Waals surface area contributed by atoms with Crippen molar-refractivity contribution in [3.8, 4) is 5.75 Å². The Kier molecular flexibility index (Phi) is 7.15. The molecule has 0 unspecified atom stereocenters. The summed E-state index contributed by atoms with van der Waals surface area (Å²) >= 11 is 0. The Hall–Kier alpha value is -3.39. The maximum absolute atomic E-state index is 13.4. The lowest BCUT2D eigenvalue weighted by Crippen LogP contribution is -2.37. The van der Waals surface area contributed by atoms with Gasteiger partial charge in [0.2, 0.25) is 0 Å². The molecule has 0 saturated heterocycles. The largest absolute Gasteiger partial charge is 0.497 e. The molecule has 0 saturated carbocycles. The van der Waals surface area contributed by atoms with E-state index in [4.69, 9.17) is 4.74 Å². The number of nitrogens with zero attached hydrogens (tertiary/aromatic N) is 2. The molecule has 0 radical (unpaired) electrons. The lowest BCUT2D eigenvalue weighted by molar-refractivity contribution is 0.0689. The van der Waals surface area contributed by atoms with Gasteiger partial charge in [-0.15, -0.1) is 0 Å². The van der Waals surface area contributed by atoms with Gasteiger partial charge in [-0.3, -0.25) is 14.5 Å². The molecule has 32 heavy (non-hydrogen) atoms. The van der Waals surface area contributed by atoms with Crippen LogP contribution in [-0.2, 0) is 16.6 Å². The van der Waals surface area contributed by atoms with E-state index in [-0.39, 0.29) is 16.8 Å². The molecule has 1 amide bonds. The molecule has 168 valence electrons. The molecule has 1 heterocycles. The van der Waals surface area contributed by atoms with Crippen LogP contribution in [0.1, 0.15) is 35.3 Å². The number of benzene rings is 2. The third kappa shape index (κ3) is 5.45. The summed E-state index contributed by atoms with van der Waals surface area (Å²) in [5.41, 5.74) is 2.35. The first-order chi connectivity index (χ1) is 15.2. The predicted octanol–water partition coefficient (Wildman–Crippen LogP) is 4.25. The second-order valence-electron chi connectivity index (χ2n) is 7.70. The van der Waals surface area contributed by atoms with Crippen LogP contribution in [-0.4, -0.2) is 37.4 Å². The average molecular weight is 454 g/mol. The Morgan fingerprint density at radius 3 is 2.44 bits per heavy atom. The fraction of sp³-hybridized carbons (Fsp3) is 0.250. The maximum atomic E-state index is 13.4. The maximum Gasteiger partial charge on any atom is 0.261 e. The molecule has 8 heteroatoms. The molecule has 3 rings (SSSR count). The second kappa shape index (κ2) is 9.82. The number of hydrogen-bond acceptors (Lipinski definition) is 5. The molecule has 0 aliphatic rings. The molecule has 0 aliphatic heterocycles. The number of aryl methyl sites for hydroxylation is 1. The number of amides is 1. The van der Waals surface area contributed by atoms with E-state index in [9.17, 15) is 13.2 Å². The lowest BCUT2D eigenvalue weighted by atomic mass is 10.1. The topological polar surface area (TPSA) is 88.6 Å². The van der Waals surface area contributed by atoms with Crippen molar-refractivity contribution in [3.05, 3.63) is 83.7 Å². The second-order valence-corrected chi connectivity index (χ2v) is 9.38. The van der Waals surface area contributed by atoms with Crippen LogP contribution in [0, 0.1) is 6.92 Å². The number of methoxy groups -OCH3 is 1. The van der Waals surface area contributed by atoms with E-state index in [1.165, 1.54) is 12.1 Å². The Balaban J connectivity index is 1.89. The highest BCUT2D eigenvalue weighted by atomic mass is 32.2. The number of ether oxygens (including phenoxy) is 1. The van der Waals surface area contributed by atoms with Crippen molar-refractivity contribution in [2.45, 2.75) is 38.3 Å². The molecule has 3 aromatic rings. The molecule has 0 bridgehead atoms. The fourth-order valence-electron chi connectivity index (χ4n) is 3.20. The van der Waals surface area contributed by atoms with Crippen LogP contribution in [0.4, 0.5) is 5.69 Å². The minimum Gasteiger partial charge on any atom is -0.497 e. The van der Waals surface area contributed by atoms with Crippen molar-refractivity contribution >= 4 is 21.6 Å². The molecule has 7 nitrogen and oxygen atoms in total. The van der Waals surface area contributed by atoms with E-state index in [1.54, 1.807) is 61.7 Å². The van der Waals surface area contributed by atoms with Crippen molar-refractivity contribution in [1.82, 2.24) is 9.88 Å². The summed E-state index contributed by atoms with van der Waals surface area (Å²) in [6.45, 7) is 6.03. The van der Waals surface area contributed by atoms with E-state index in [1.807, 2.05) is 26.0 Å². The van der Waals surface area contributed by atoms with E-state index in [0.29, 0.717) is 29.1 Å². The smallest absolute Gasteiger partial charge is 0.261 e. The van der Waals surface area contributed by atoms with Crippen LogP contribution >= 0.6 is 0 Å². The summed E-state index contributed by atoms with van der Waals surface area (Å²) in [5, 5.41) is 0. The molecule has 2 aromatic carbocycles. The van der Waals surface area contributed by atoms with Gasteiger partial charge in [0.15, 0.2) is 0 Å². The summed E-state index contributed by atoms with van der Waals surface area (Å²) in [4.78, 5) is 19.2. The Labute approximate surface area is 189 Å². The number of aromatic nitrogens is 1. The standard InChI is InChI=1S/C24H27N3O4S/c1-17(2)27(16-19-6-5-13-25-15-19)24(28)23-14-22(12-7-18(23)3)32(29,30)26-20-8-10-21(31-4)11-9-20/h5-15,17,26H,16H2,1-4H3. The molecule has 1 N–H and O–H groups in total. The van der Waals surface area contributed by atoms with Gasteiger partial charge in [0.05, 0.1) is 12.0 Å². The average Bonchev–Trinajstić information content (AvgIpc) is 2.78. The van der Waals surface area contributed by atoms with Crippen LogP contribution in [0.25, 0.3) is 0 Å². The van der Waals surface area contributed by atoms with Gasteiger partial charge in [-0.1, -0.05) is 12.1 Å². The summed E-state index contributed by atoms with van der Waals surface area (Å²) in [5.74, 6) is 0.390. The van der Waals surface area contributed by atoms with Crippen LogP contribution in [0.5, 0.6) is 5.75 Å². The number of nitrogens with one attached hydrogen (secondary N) is 1. The van der Waals surface area contributed by atoms with E-state index in [0.717, 1.165) is 5.56 Å². The summed E-state index contributed by atoms with van der Waals surface area (Å²) in [6, 6.07) is 14.8. The zero-order valence-electron chi connectivity index (χ0n) is 18.6. The van der Waals surface area contributed by atoms with Gasteiger partial charge >= 0.3 is 0 Å². The van der Waals surface area contributed by atoms with Crippen molar-refractivity contribution in [2.24, 2.45) is 0 Å². The first-order valence-electron chi connectivity index (χ1n) is 10.2. The molecule has 0 fully saturated rings. The van der Waals surface area contributed by atoms with E-state index >= 15 is 0 Å². The van der Waals surface area contributed by atoms with Gasteiger partial charge in [-0.2, -0.15) is 0 Å². The zero-order chi connectivity index (χ0) is 23.3. The Bertz CT molecular complexity index is 1180. The molecule has 0 aliphatic carbocycles. The Morgan fingerprint density at radius 2 is 1.84 bits per heavy atom. The van der Waals surface area contributed by atoms with Gasteiger partial charge in [0.1, 0.15) is 5.75 Å². The Morgan fingerprint density at radius 1 is 1.12 bits per heavy atom. The van der Waals surface area contributed by atoms with Crippen LogP contribution < -0.4 is 9.46 Å². The number of carbonyl (C=O) groups excluding carboxylic acids is 1. The zero-order valence-corrected chi connectivity index (χ0v) is 19.4. The third-order valence-electron chi connectivity index (χ3n) is 5.05. The lowest BCUT2D eigenvalue weighted by Gasteiger charge is -2.27.